The largest absolute Gasteiger partial charge is 0.382 e. The predicted octanol–water partition coefficient (Wildman–Crippen LogP) is 4.52. The van der Waals surface area contributed by atoms with Crippen molar-refractivity contribution in [1.82, 2.24) is 14.9 Å². The van der Waals surface area contributed by atoms with Crippen molar-refractivity contribution in [2.45, 2.75) is 56.7 Å². The first-order valence-electron chi connectivity index (χ1n) is 13.2. The van der Waals surface area contributed by atoms with Gasteiger partial charge in [0.1, 0.15) is 17.5 Å². The highest BCUT2D eigenvalue weighted by molar-refractivity contribution is 5.93. The number of nitrogens with two attached hydrogens (primary N) is 1. The van der Waals surface area contributed by atoms with E-state index in [0.717, 1.165) is 75.4 Å². The lowest BCUT2D eigenvalue weighted by atomic mass is 9.77. The zero-order chi connectivity index (χ0) is 25.7. The van der Waals surface area contributed by atoms with Crippen LogP contribution in [0.3, 0.4) is 0 Å². The highest BCUT2D eigenvalue weighted by Crippen LogP contribution is 2.40. The molecule has 5 rings (SSSR count). The van der Waals surface area contributed by atoms with Crippen molar-refractivity contribution in [3.05, 3.63) is 53.7 Å². The van der Waals surface area contributed by atoms with Gasteiger partial charge in [-0.2, -0.15) is 0 Å². The molecular formula is C28H35FN6O2. The van der Waals surface area contributed by atoms with E-state index in [2.05, 4.69) is 32.6 Å². The number of benzene rings is 1. The number of aromatic nitrogens is 2. The Morgan fingerprint density at radius 1 is 1.16 bits per heavy atom. The number of ether oxygens (including phenoxy) is 2. The van der Waals surface area contributed by atoms with E-state index in [1.165, 1.54) is 18.8 Å². The molecule has 0 atom stereocenters. The lowest BCUT2D eigenvalue weighted by molar-refractivity contribution is -0.281. The number of nitrogens with zero attached hydrogens (tertiary/aromatic N) is 5. The van der Waals surface area contributed by atoms with Gasteiger partial charge in [0.2, 0.25) is 0 Å². The standard InChI is InChI=1S/C28H35FN6O2/c1-31-12-9-26(35-14-10-28(11-15-35)36-16-3-17-37-28)32-13-8-22-21(20-4-2-5-20)6-7-23(27(22)29)24-18-34-25(30)19-33-24/h6-7,9,12,18-20H,1-5,8,10-11,13-17H2,(H2,30,34)/b12-9-,32-26?. The molecule has 3 aliphatic rings. The molecular weight excluding hydrogens is 471 g/mol. The van der Waals surface area contributed by atoms with Crippen LogP contribution in [-0.2, 0) is 15.9 Å². The minimum absolute atomic E-state index is 0.241. The molecule has 2 saturated heterocycles. The fraction of sp³-hybridized carbons (Fsp3) is 0.500. The maximum absolute atomic E-state index is 15.9. The van der Waals surface area contributed by atoms with Crippen molar-refractivity contribution < 1.29 is 13.9 Å². The molecule has 1 spiro atoms. The summed E-state index contributed by atoms with van der Waals surface area (Å²) in [5.41, 5.74) is 8.40. The van der Waals surface area contributed by atoms with Crippen molar-refractivity contribution in [2.24, 2.45) is 9.98 Å². The minimum Gasteiger partial charge on any atom is -0.382 e. The molecule has 1 aromatic heterocycles. The molecule has 2 aliphatic heterocycles. The molecule has 0 amide bonds. The van der Waals surface area contributed by atoms with E-state index >= 15 is 4.39 Å². The van der Waals surface area contributed by atoms with Gasteiger partial charge in [-0.15, -0.1) is 0 Å². The number of hydrogen-bond acceptors (Lipinski definition) is 7. The molecule has 1 aliphatic carbocycles. The Labute approximate surface area is 217 Å². The van der Waals surface area contributed by atoms with Crippen LogP contribution in [0.4, 0.5) is 10.2 Å². The second-order valence-corrected chi connectivity index (χ2v) is 9.89. The molecule has 1 aromatic carbocycles. The number of halogens is 1. The molecule has 3 fully saturated rings. The Morgan fingerprint density at radius 2 is 1.95 bits per heavy atom. The predicted molar refractivity (Wildman–Crippen MR) is 143 cm³/mol. The van der Waals surface area contributed by atoms with E-state index in [-0.39, 0.29) is 5.82 Å². The quantitative estimate of drug-likeness (QED) is 0.438. The number of piperidine rings is 1. The van der Waals surface area contributed by atoms with Crippen LogP contribution >= 0.6 is 0 Å². The second kappa shape index (κ2) is 11.5. The maximum atomic E-state index is 15.9. The molecule has 9 heteroatoms. The zero-order valence-corrected chi connectivity index (χ0v) is 21.2. The smallest absolute Gasteiger partial charge is 0.171 e. The number of nitrogen functional groups attached to an aromatic ring is 1. The fourth-order valence-electron chi connectivity index (χ4n) is 5.31. The highest BCUT2D eigenvalue weighted by Gasteiger charge is 2.38. The summed E-state index contributed by atoms with van der Waals surface area (Å²) in [5, 5.41) is 0. The van der Waals surface area contributed by atoms with E-state index in [1.807, 2.05) is 12.1 Å². The lowest BCUT2D eigenvalue weighted by Gasteiger charge is -2.43. The van der Waals surface area contributed by atoms with Crippen molar-refractivity contribution in [3.8, 4) is 11.3 Å². The zero-order valence-electron chi connectivity index (χ0n) is 21.2. The number of likely N-dealkylation sites (tertiary alicyclic amines) is 1. The summed E-state index contributed by atoms with van der Waals surface area (Å²) in [6.07, 6.45) is 12.9. The monoisotopic (exact) mass is 506 g/mol. The number of hydrogen-bond donors (Lipinski definition) is 1. The van der Waals surface area contributed by atoms with Gasteiger partial charge in [-0.1, -0.05) is 12.5 Å². The van der Waals surface area contributed by atoms with Gasteiger partial charge in [-0.25, -0.2) is 9.37 Å². The van der Waals surface area contributed by atoms with Gasteiger partial charge in [-0.05, 0) is 61.6 Å². The molecule has 0 unspecified atom stereocenters. The SMILES string of the molecule is C=N/C=C\C(=NCCc1c(C2CCC2)ccc(-c2cnc(N)cn2)c1F)N1CCC2(CC1)OCCCO2. The first-order valence-corrected chi connectivity index (χ1v) is 13.2. The fourth-order valence-corrected chi connectivity index (χ4v) is 5.31. The van der Waals surface area contributed by atoms with Gasteiger partial charge >= 0.3 is 0 Å². The van der Waals surface area contributed by atoms with E-state index in [0.29, 0.717) is 36.0 Å². The van der Waals surface area contributed by atoms with Crippen molar-refractivity contribution in [3.63, 3.8) is 0 Å². The summed E-state index contributed by atoms with van der Waals surface area (Å²) in [7, 11) is 0. The van der Waals surface area contributed by atoms with E-state index in [9.17, 15) is 0 Å². The molecule has 0 radical (unpaired) electrons. The maximum Gasteiger partial charge on any atom is 0.171 e. The molecule has 3 heterocycles. The molecule has 196 valence electrons. The first kappa shape index (κ1) is 25.5. The number of aliphatic imine (C=N–C) groups is 2. The van der Waals surface area contributed by atoms with Crippen molar-refractivity contribution in [1.29, 1.82) is 0 Å². The van der Waals surface area contributed by atoms with Gasteiger partial charge in [0.15, 0.2) is 5.79 Å². The summed E-state index contributed by atoms with van der Waals surface area (Å²) in [6, 6.07) is 3.87. The van der Waals surface area contributed by atoms with E-state index < -0.39 is 5.79 Å². The van der Waals surface area contributed by atoms with Crippen molar-refractivity contribution in [2.75, 3.05) is 38.6 Å². The highest BCUT2D eigenvalue weighted by atomic mass is 19.1. The summed E-state index contributed by atoms with van der Waals surface area (Å²) in [4.78, 5) is 19.4. The number of rotatable bonds is 7. The normalized spacial score (nSPS) is 20.4. The third kappa shape index (κ3) is 5.72. The average molecular weight is 507 g/mol. The van der Waals surface area contributed by atoms with E-state index in [1.54, 1.807) is 6.20 Å². The van der Waals surface area contributed by atoms with Gasteiger partial charge in [0, 0.05) is 44.2 Å². The van der Waals surface area contributed by atoms with Gasteiger partial charge in [-0.3, -0.25) is 15.0 Å². The molecule has 8 nitrogen and oxygen atoms in total. The summed E-state index contributed by atoms with van der Waals surface area (Å²) >= 11 is 0. The van der Waals surface area contributed by atoms with Crippen LogP contribution < -0.4 is 5.73 Å². The first-order chi connectivity index (χ1) is 18.1. The van der Waals surface area contributed by atoms with Crippen LogP contribution in [-0.4, -0.2) is 66.1 Å². The number of anilines is 1. The van der Waals surface area contributed by atoms with Crippen molar-refractivity contribution >= 4 is 18.4 Å². The van der Waals surface area contributed by atoms with Crippen LogP contribution in [0.2, 0.25) is 0 Å². The molecule has 2 N–H and O–H groups in total. The molecule has 0 bridgehead atoms. The van der Waals surface area contributed by atoms with Crippen LogP contribution in [0.25, 0.3) is 11.3 Å². The lowest BCUT2D eigenvalue weighted by Crippen LogP contribution is -2.51. The topological polar surface area (TPSA) is 98.2 Å². The average Bonchev–Trinajstić information content (AvgIpc) is 2.88. The third-order valence-electron chi connectivity index (χ3n) is 7.60. The third-order valence-corrected chi connectivity index (χ3v) is 7.60. The minimum atomic E-state index is -0.466. The Kier molecular flexibility index (Phi) is 7.90. The summed E-state index contributed by atoms with van der Waals surface area (Å²) in [5.74, 6) is 0.828. The Morgan fingerprint density at radius 3 is 2.59 bits per heavy atom. The molecule has 1 saturated carbocycles. The Balaban J connectivity index is 1.35. The van der Waals surface area contributed by atoms with Crippen LogP contribution in [0.15, 0.2) is 46.8 Å². The molecule has 37 heavy (non-hydrogen) atoms. The Bertz CT molecular complexity index is 1150. The summed E-state index contributed by atoms with van der Waals surface area (Å²) < 4.78 is 27.9. The number of amidine groups is 1. The second-order valence-electron chi connectivity index (χ2n) is 9.89. The summed E-state index contributed by atoms with van der Waals surface area (Å²) in [6.45, 7) is 7.05. The van der Waals surface area contributed by atoms with E-state index in [4.69, 9.17) is 20.2 Å². The van der Waals surface area contributed by atoms with Crippen LogP contribution in [0.1, 0.15) is 55.6 Å². The van der Waals surface area contributed by atoms with Gasteiger partial charge < -0.3 is 20.1 Å². The Hall–Kier alpha value is -3.17. The van der Waals surface area contributed by atoms with Crippen LogP contribution in [0.5, 0.6) is 0 Å². The van der Waals surface area contributed by atoms with Gasteiger partial charge in [0.25, 0.3) is 0 Å². The molecule has 2 aromatic rings. The van der Waals surface area contributed by atoms with Gasteiger partial charge in [0.05, 0.1) is 31.3 Å². The van der Waals surface area contributed by atoms with Crippen LogP contribution in [0, 0.1) is 5.82 Å².